The minimum Gasteiger partial charge on any atom is -0.384 e. The number of carbonyl (C=O) groups excluding carboxylic acids is 1. The summed E-state index contributed by atoms with van der Waals surface area (Å²) in [5.41, 5.74) is 2.12. The minimum atomic E-state index is -0.103. The summed E-state index contributed by atoms with van der Waals surface area (Å²) in [6.45, 7) is 5.11. The smallest absolute Gasteiger partial charge is 0.252 e. The third-order valence-electron chi connectivity index (χ3n) is 4.60. The second-order valence-electron chi connectivity index (χ2n) is 6.31. The van der Waals surface area contributed by atoms with Crippen LogP contribution in [-0.2, 0) is 4.74 Å². The molecular weight excluding hydrogens is 294 g/mol. The maximum Gasteiger partial charge on any atom is 0.252 e. The van der Waals surface area contributed by atoms with E-state index in [4.69, 9.17) is 4.74 Å². The van der Waals surface area contributed by atoms with E-state index < -0.39 is 0 Å². The van der Waals surface area contributed by atoms with Gasteiger partial charge in [0.05, 0.1) is 12.2 Å². The van der Waals surface area contributed by atoms with Crippen LogP contribution in [0, 0.1) is 12.3 Å². The standard InChI is InChI=1S/C16H23N5O2/c1-11-13-7-12(8-18-14(13)21-20-11)15(22)19-9-16(10-23-2)3-5-17-6-4-16/h7-8,17H,3-6,9-10H2,1-2H3,(H,19,22)(H,18,20,21). The Bertz CT molecular complexity index is 685. The number of nitrogens with one attached hydrogen (secondary N) is 3. The molecule has 0 aromatic carbocycles. The summed E-state index contributed by atoms with van der Waals surface area (Å²) in [4.78, 5) is 16.7. The SMILES string of the molecule is COCC1(CNC(=O)c2cnc3n[nH]c(C)c3c2)CCNCC1. The summed E-state index contributed by atoms with van der Waals surface area (Å²) in [5, 5.41) is 14.2. The molecule has 2 aromatic heterocycles. The van der Waals surface area contributed by atoms with Gasteiger partial charge in [-0.2, -0.15) is 5.10 Å². The van der Waals surface area contributed by atoms with E-state index in [-0.39, 0.29) is 11.3 Å². The van der Waals surface area contributed by atoms with Gasteiger partial charge in [0, 0.05) is 36.3 Å². The number of rotatable bonds is 5. The van der Waals surface area contributed by atoms with Crippen LogP contribution in [0.15, 0.2) is 12.3 Å². The van der Waals surface area contributed by atoms with Gasteiger partial charge >= 0.3 is 0 Å². The molecule has 23 heavy (non-hydrogen) atoms. The van der Waals surface area contributed by atoms with E-state index in [2.05, 4.69) is 25.8 Å². The average molecular weight is 317 g/mol. The number of carbonyl (C=O) groups is 1. The number of nitrogens with zero attached hydrogens (tertiary/aromatic N) is 2. The first-order chi connectivity index (χ1) is 11.1. The minimum absolute atomic E-state index is 0.0126. The van der Waals surface area contributed by atoms with Gasteiger partial charge in [-0.1, -0.05) is 0 Å². The van der Waals surface area contributed by atoms with Crippen LogP contribution in [0.25, 0.3) is 11.0 Å². The summed E-state index contributed by atoms with van der Waals surface area (Å²) in [6, 6.07) is 1.84. The molecule has 3 rings (SSSR count). The number of methoxy groups -OCH3 is 1. The molecule has 1 fully saturated rings. The maximum absolute atomic E-state index is 12.5. The van der Waals surface area contributed by atoms with Crippen molar-refractivity contribution in [3.8, 4) is 0 Å². The van der Waals surface area contributed by atoms with Crippen LogP contribution >= 0.6 is 0 Å². The lowest BCUT2D eigenvalue weighted by Gasteiger charge is -2.37. The van der Waals surface area contributed by atoms with Crippen molar-refractivity contribution in [1.82, 2.24) is 25.8 Å². The van der Waals surface area contributed by atoms with Crippen LogP contribution in [0.3, 0.4) is 0 Å². The fraction of sp³-hybridized carbons (Fsp3) is 0.562. The molecule has 124 valence electrons. The van der Waals surface area contributed by atoms with E-state index in [1.54, 1.807) is 13.3 Å². The number of hydrogen-bond donors (Lipinski definition) is 3. The number of hydrogen-bond acceptors (Lipinski definition) is 5. The number of H-pyrrole nitrogens is 1. The first-order valence-electron chi connectivity index (χ1n) is 7.92. The highest BCUT2D eigenvalue weighted by atomic mass is 16.5. The Morgan fingerprint density at radius 2 is 2.22 bits per heavy atom. The molecule has 3 heterocycles. The molecule has 1 saturated heterocycles. The van der Waals surface area contributed by atoms with Gasteiger partial charge in [0.25, 0.3) is 5.91 Å². The van der Waals surface area contributed by atoms with Crippen LogP contribution in [0.1, 0.15) is 28.9 Å². The highest BCUT2D eigenvalue weighted by Gasteiger charge is 2.32. The van der Waals surface area contributed by atoms with E-state index in [0.29, 0.717) is 24.4 Å². The van der Waals surface area contributed by atoms with Gasteiger partial charge < -0.3 is 15.4 Å². The summed E-state index contributed by atoms with van der Waals surface area (Å²) in [7, 11) is 1.71. The summed E-state index contributed by atoms with van der Waals surface area (Å²) in [5.74, 6) is -0.103. The normalized spacial score (nSPS) is 17.3. The number of fused-ring (bicyclic) bond motifs is 1. The molecule has 1 aliphatic rings. The lowest BCUT2D eigenvalue weighted by atomic mass is 9.79. The zero-order valence-corrected chi connectivity index (χ0v) is 13.6. The molecule has 1 amide bonds. The van der Waals surface area contributed by atoms with Gasteiger partial charge in [0.1, 0.15) is 0 Å². The first-order valence-corrected chi connectivity index (χ1v) is 7.92. The lowest BCUT2D eigenvalue weighted by molar-refractivity contribution is 0.0511. The van der Waals surface area contributed by atoms with E-state index in [9.17, 15) is 4.79 Å². The van der Waals surface area contributed by atoms with Gasteiger partial charge in [-0.05, 0) is 38.9 Å². The zero-order chi connectivity index (χ0) is 16.3. The van der Waals surface area contributed by atoms with Crippen molar-refractivity contribution in [3.63, 3.8) is 0 Å². The van der Waals surface area contributed by atoms with E-state index >= 15 is 0 Å². The number of ether oxygens (including phenoxy) is 1. The quantitative estimate of drug-likeness (QED) is 0.765. The predicted octanol–water partition coefficient (Wildman–Crippen LogP) is 1.01. The lowest BCUT2D eigenvalue weighted by Crippen LogP contribution is -2.47. The molecule has 1 aliphatic heterocycles. The monoisotopic (exact) mass is 317 g/mol. The second kappa shape index (κ2) is 6.64. The third kappa shape index (κ3) is 3.35. The molecule has 7 heteroatoms. The van der Waals surface area contributed by atoms with Gasteiger partial charge in [-0.15, -0.1) is 0 Å². The molecule has 0 bridgehead atoms. The Morgan fingerprint density at radius 3 is 2.96 bits per heavy atom. The molecule has 0 saturated carbocycles. The molecular formula is C16H23N5O2. The van der Waals surface area contributed by atoms with E-state index in [1.807, 2.05) is 13.0 Å². The van der Waals surface area contributed by atoms with Crippen LogP contribution < -0.4 is 10.6 Å². The van der Waals surface area contributed by atoms with Gasteiger partial charge in [0.2, 0.25) is 0 Å². The Hall–Kier alpha value is -1.99. The fourth-order valence-electron chi connectivity index (χ4n) is 3.15. The number of amides is 1. The molecule has 0 aliphatic carbocycles. The van der Waals surface area contributed by atoms with Crippen molar-refractivity contribution in [2.24, 2.45) is 5.41 Å². The van der Waals surface area contributed by atoms with Crippen molar-refractivity contribution in [3.05, 3.63) is 23.5 Å². The van der Waals surface area contributed by atoms with Crippen molar-refractivity contribution >= 4 is 16.9 Å². The van der Waals surface area contributed by atoms with Crippen LogP contribution in [0.2, 0.25) is 0 Å². The van der Waals surface area contributed by atoms with E-state index in [0.717, 1.165) is 37.0 Å². The van der Waals surface area contributed by atoms with E-state index in [1.165, 1.54) is 0 Å². The largest absolute Gasteiger partial charge is 0.384 e. The maximum atomic E-state index is 12.5. The summed E-state index contributed by atoms with van der Waals surface area (Å²) in [6.07, 6.45) is 3.57. The summed E-state index contributed by atoms with van der Waals surface area (Å²) >= 11 is 0. The Balaban J connectivity index is 1.70. The number of aryl methyl sites for hydroxylation is 1. The fourth-order valence-corrected chi connectivity index (χ4v) is 3.15. The zero-order valence-electron chi connectivity index (χ0n) is 13.6. The number of piperidine rings is 1. The number of pyridine rings is 1. The predicted molar refractivity (Wildman–Crippen MR) is 87.4 cm³/mol. The Labute approximate surface area is 135 Å². The Kier molecular flexibility index (Phi) is 4.58. The second-order valence-corrected chi connectivity index (χ2v) is 6.31. The van der Waals surface area contributed by atoms with Crippen molar-refractivity contribution in [1.29, 1.82) is 0 Å². The Morgan fingerprint density at radius 1 is 1.43 bits per heavy atom. The van der Waals surface area contributed by atoms with Gasteiger partial charge in [0.15, 0.2) is 5.65 Å². The van der Waals surface area contributed by atoms with Crippen molar-refractivity contribution in [2.75, 3.05) is 33.4 Å². The van der Waals surface area contributed by atoms with Crippen LogP contribution in [-0.4, -0.2) is 54.4 Å². The number of aromatic nitrogens is 3. The van der Waals surface area contributed by atoms with Gasteiger partial charge in [-0.3, -0.25) is 9.89 Å². The molecule has 0 unspecified atom stereocenters. The highest BCUT2D eigenvalue weighted by Crippen LogP contribution is 2.28. The molecule has 0 atom stereocenters. The number of aromatic amines is 1. The first kappa shape index (κ1) is 15.9. The molecule has 0 spiro atoms. The molecule has 2 aromatic rings. The molecule has 0 radical (unpaired) electrons. The average Bonchev–Trinajstić information content (AvgIpc) is 2.95. The third-order valence-corrected chi connectivity index (χ3v) is 4.60. The van der Waals surface area contributed by atoms with Crippen LogP contribution in [0.5, 0.6) is 0 Å². The van der Waals surface area contributed by atoms with Crippen molar-refractivity contribution in [2.45, 2.75) is 19.8 Å². The van der Waals surface area contributed by atoms with Crippen LogP contribution in [0.4, 0.5) is 0 Å². The van der Waals surface area contributed by atoms with Gasteiger partial charge in [-0.25, -0.2) is 4.98 Å². The molecule has 7 nitrogen and oxygen atoms in total. The molecule has 3 N–H and O–H groups in total. The summed E-state index contributed by atoms with van der Waals surface area (Å²) < 4.78 is 5.38. The topological polar surface area (TPSA) is 91.9 Å². The highest BCUT2D eigenvalue weighted by molar-refractivity contribution is 5.97. The van der Waals surface area contributed by atoms with Crippen molar-refractivity contribution < 1.29 is 9.53 Å².